The predicted molar refractivity (Wildman–Crippen MR) is 55.6 cm³/mol. The Kier molecular flexibility index (Phi) is 4.71. The molecule has 3 nitrogen and oxygen atoms in total. The highest BCUT2D eigenvalue weighted by atomic mass is 32.2. The Morgan fingerprint density at radius 1 is 1.20 bits per heavy atom. The van der Waals surface area contributed by atoms with E-state index < -0.39 is 16.8 Å². The van der Waals surface area contributed by atoms with Crippen molar-refractivity contribution in [1.29, 1.82) is 0 Å². The maximum atomic E-state index is 11.7. The molecule has 1 aromatic rings. The summed E-state index contributed by atoms with van der Waals surface area (Å²) in [4.78, 5) is 0. The lowest BCUT2D eigenvalue weighted by molar-refractivity contribution is 0.292. The Morgan fingerprint density at radius 3 is 2.47 bits per heavy atom. The minimum Gasteiger partial charge on any atom is -0.270 e. The summed E-state index contributed by atoms with van der Waals surface area (Å²) < 4.78 is 39.0. The summed E-state index contributed by atoms with van der Waals surface area (Å²) in [7, 11) is -3.57. The fraction of sp³-hybridized carbons (Fsp3) is 0.400. The molecule has 0 spiro atoms. The molecule has 0 saturated heterocycles. The fourth-order valence-corrected chi connectivity index (χ4v) is 2.12. The van der Waals surface area contributed by atoms with Gasteiger partial charge in [0.05, 0.1) is 13.3 Å². The van der Waals surface area contributed by atoms with Crippen LogP contribution in [0, 0.1) is 0 Å². The van der Waals surface area contributed by atoms with E-state index in [0.717, 1.165) is 0 Å². The van der Waals surface area contributed by atoms with Crippen molar-refractivity contribution < 1.29 is 17.0 Å². The van der Waals surface area contributed by atoms with Gasteiger partial charge in [-0.15, -0.1) is 0 Å². The molecule has 1 rings (SSSR count). The molecule has 5 heteroatoms. The summed E-state index contributed by atoms with van der Waals surface area (Å²) in [5, 5.41) is 0. The summed E-state index contributed by atoms with van der Waals surface area (Å²) >= 11 is 0. The quantitative estimate of drug-likeness (QED) is 0.554. The second-order valence-electron chi connectivity index (χ2n) is 3.05. The van der Waals surface area contributed by atoms with Crippen LogP contribution in [-0.4, -0.2) is 21.7 Å². The topological polar surface area (TPSA) is 43.4 Å². The Morgan fingerprint density at radius 2 is 1.87 bits per heavy atom. The zero-order chi connectivity index (χ0) is 11.1. The van der Waals surface area contributed by atoms with Crippen LogP contribution in [0.25, 0.3) is 0 Å². The van der Waals surface area contributed by atoms with Crippen LogP contribution < -0.4 is 0 Å². The average molecular weight is 231 g/mol. The zero-order valence-corrected chi connectivity index (χ0v) is 9.04. The normalized spacial score (nSPS) is 11.5. The molecule has 0 saturated carbocycles. The zero-order valence-electron chi connectivity index (χ0n) is 8.23. The van der Waals surface area contributed by atoms with E-state index in [0.29, 0.717) is 5.56 Å². The third kappa shape index (κ3) is 4.90. The first-order chi connectivity index (χ1) is 7.14. The van der Waals surface area contributed by atoms with Gasteiger partial charge in [-0.2, -0.15) is 8.42 Å². The molecule has 0 aliphatic carbocycles. The molecule has 0 heterocycles. The van der Waals surface area contributed by atoms with Crippen LogP contribution in [0.4, 0.5) is 4.39 Å². The summed E-state index contributed by atoms with van der Waals surface area (Å²) in [5.74, 6) is -0.167. The Balaban J connectivity index is 2.50. The maximum absolute atomic E-state index is 11.7. The number of alkyl halides is 1. The SMILES string of the molecule is O=S(=O)(Cc1ccccc1)OCCC[18F]. The van der Waals surface area contributed by atoms with Gasteiger partial charge in [-0.3, -0.25) is 8.57 Å². The molecule has 0 N–H and O–H groups in total. The number of halogens is 1. The minimum absolute atomic E-state index is 0.0916. The van der Waals surface area contributed by atoms with E-state index in [4.69, 9.17) is 0 Å². The summed E-state index contributed by atoms with van der Waals surface area (Å²) in [6, 6.07) is 8.73. The largest absolute Gasteiger partial charge is 0.271 e. The van der Waals surface area contributed by atoms with Gasteiger partial charge in [-0.05, 0) is 5.56 Å². The van der Waals surface area contributed by atoms with Gasteiger partial charge in [-0.1, -0.05) is 30.3 Å². The van der Waals surface area contributed by atoms with Crippen molar-refractivity contribution in [3.05, 3.63) is 35.9 Å². The highest BCUT2D eigenvalue weighted by Gasteiger charge is 2.11. The first-order valence-corrected chi connectivity index (χ1v) is 6.19. The summed E-state index contributed by atoms with van der Waals surface area (Å²) in [6.07, 6.45) is 0.105. The molecule has 15 heavy (non-hydrogen) atoms. The van der Waals surface area contributed by atoms with Crippen LogP contribution in [0.3, 0.4) is 0 Å². The fourth-order valence-electron chi connectivity index (χ4n) is 1.06. The van der Waals surface area contributed by atoms with Crippen molar-refractivity contribution in [2.75, 3.05) is 13.3 Å². The lowest BCUT2D eigenvalue weighted by Crippen LogP contribution is -2.10. The highest BCUT2D eigenvalue weighted by Crippen LogP contribution is 2.07. The second kappa shape index (κ2) is 5.82. The molecule has 0 fully saturated rings. The third-order valence-corrected chi connectivity index (χ3v) is 2.94. The molecular weight excluding hydrogens is 218 g/mol. The van der Waals surface area contributed by atoms with E-state index >= 15 is 0 Å². The molecule has 0 aliphatic rings. The van der Waals surface area contributed by atoms with Crippen molar-refractivity contribution in [3.8, 4) is 0 Å². The summed E-state index contributed by atoms with van der Waals surface area (Å²) in [5.41, 5.74) is 0.665. The van der Waals surface area contributed by atoms with Gasteiger partial charge in [0.25, 0.3) is 10.1 Å². The first-order valence-electron chi connectivity index (χ1n) is 4.61. The van der Waals surface area contributed by atoms with Crippen LogP contribution in [-0.2, 0) is 20.1 Å². The van der Waals surface area contributed by atoms with E-state index in [1.165, 1.54) is 0 Å². The van der Waals surface area contributed by atoms with Gasteiger partial charge >= 0.3 is 0 Å². The number of rotatable bonds is 6. The van der Waals surface area contributed by atoms with E-state index in [9.17, 15) is 12.8 Å². The van der Waals surface area contributed by atoms with Gasteiger partial charge in [-0.25, -0.2) is 0 Å². The van der Waals surface area contributed by atoms with Crippen molar-refractivity contribution in [2.45, 2.75) is 12.2 Å². The Hall–Kier alpha value is -0.940. The van der Waals surface area contributed by atoms with Crippen molar-refractivity contribution in [1.82, 2.24) is 0 Å². The minimum atomic E-state index is -3.57. The molecule has 0 amide bonds. The monoisotopic (exact) mass is 231 g/mol. The van der Waals surface area contributed by atoms with Crippen LogP contribution in [0.2, 0.25) is 0 Å². The van der Waals surface area contributed by atoms with Gasteiger partial charge in [0.1, 0.15) is 5.75 Å². The number of hydrogen-bond acceptors (Lipinski definition) is 3. The van der Waals surface area contributed by atoms with Crippen LogP contribution >= 0.6 is 0 Å². The van der Waals surface area contributed by atoms with Crippen LogP contribution in [0.5, 0.6) is 0 Å². The molecule has 0 bridgehead atoms. The Labute approximate surface area is 89.0 Å². The predicted octanol–water partition coefficient (Wildman–Crippen LogP) is 1.89. The second-order valence-corrected chi connectivity index (χ2v) is 4.69. The highest BCUT2D eigenvalue weighted by molar-refractivity contribution is 7.85. The van der Waals surface area contributed by atoms with Crippen molar-refractivity contribution in [3.63, 3.8) is 0 Å². The van der Waals surface area contributed by atoms with Gasteiger partial charge in [0.2, 0.25) is 0 Å². The van der Waals surface area contributed by atoms with Crippen LogP contribution in [0.1, 0.15) is 12.0 Å². The lowest BCUT2D eigenvalue weighted by Gasteiger charge is -2.04. The van der Waals surface area contributed by atoms with Gasteiger partial charge in [0.15, 0.2) is 0 Å². The van der Waals surface area contributed by atoms with Crippen molar-refractivity contribution >= 4 is 10.1 Å². The molecule has 1 aromatic carbocycles. The van der Waals surface area contributed by atoms with E-state index in [2.05, 4.69) is 4.18 Å². The van der Waals surface area contributed by atoms with E-state index in [1.807, 2.05) is 0 Å². The lowest BCUT2D eigenvalue weighted by atomic mass is 10.2. The molecule has 0 aromatic heterocycles. The molecule has 0 unspecified atom stereocenters. The first kappa shape index (κ1) is 12.1. The third-order valence-electron chi connectivity index (χ3n) is 1.73. The molecule has 84 valence electrons. The van der Waals surface area contributed by atoms with Crippen LogP contribution in [0.15, 0.2) is 30.3 Å². The number of hydrogen-bond donors (Lipinski definition) is 0. The molecule has 0 atom stereocenters. The van der Waals surface area contributed by atoms with Gasteiger partial charge in [0, 0.05) is 6.42 Å². The molecule has 0 aliphatic heterocycles. The molecular formula is C10H13FO3S. The number of benzene rings is 1. The van der Waals surface area contributed by atoms with Crippen molar-refractivity contribution in [2.24, 2.45) is 0 Å². The average Bonchev–Trinajstić information content (AvgIpc) is 2.18. The van der Waals surface area contributed by atoms with E-state index in [-0.39, 0.29) is 18.8 Å². The maximum Gasteiger partial charge on any atom is 0.271 e. The standard InChI is InChI=1S/C10H13FO3S/c11-7-4-8-14-15(12,13)9-10-5-2-1-3-6-10/h1-3,5-6H,4,7-9H2/i11-1. The smallest absolute Gasteiger partial charge is 0.270 e. The molecule has 0 radical (unpaired) electrons. The van der Waals surface area contributed by atoms with E-state index in [1.54, 1.807) is 30.3 Å². The summed E-state index contributed by atoms with van der Waals surface area (Å²) in [6.45, 7) is -0.660. The van der Waals surface area contributed by atoms with Gasteiger partial charge < -0.3 is 0 Å². The Bertz CT molecular complexity index is 375.